The van der Waals surface area contributed by atoms with Crippen molar-refractivity contribution in [2.24, 2.45) is 11.8 Å². The van der Waals surface area contributed by atoms with Crippen LogP contribution in [0.3, 0.4) is 0 Å². The van der Waals surface area contributed by atoms with E-state index in [1.54, 1.807) is 0 Å². The second kappa shape index (κ2) is 2.50. The molecule has 1 aromatic rings. The third-order valence-electron chi connectivity index (χ3n) is 3.35. The quantitative estimate of drug-likeness (QED) is 0.630. The minimum absolute atomic E-state index is 1.03. The number of rotatable bonds is 1. The third kappa shape index (κ3) is 1.23. The van der Waals surface area contributed by atoms with Gasteiger partial charge in [0.05, 0.1) is 0 Å². The number of aryl methyl sites for hydroxylation is 1. The van der Waals surface area contributed by atoms with Crippen molar-refractivity contribution in [2.45, 2.75) is 13.3 Å². The number of hydrogen-bond donors (Lipinski definition) is 0. The van der Waals surface area contributed by atoms with Gasteiger partial charge in [0.25, 0.3) is 0 Å². The Morgan fingerprint density at radius 1 is 1.23 bits per heavy atom. The molecule has 68 valence electrons. The van der Waals surface area contributed by atoms with Gasteiger partial charge in [0, 0.05) is 18.8 Å². The molecule has 0 bridgehead atoms. The Labute approximate surface area is 79.4 Å². The normalized spacial score (nSPS) is 30.4. The SMILES string of the molecule is Cc1cccc(N2C[C@H]3C[C@H]3C2)c1. The lowest BCUT2D eigenvalue weighted by Crippen LogP contribution is -2.21. The van der Waals surface area contributed by atoms with Crippen LogP contribution in [0.1, 0.15) is 12.0 Å². The molecule has 1 saturated heterocycles. The molecule has 0 N–H and O–H groups in total. The molecule has 0 unspecified atom stereocenters. The molecular formula is C12H15N. The van der Waals surface area contributed by atoms with Gasteiger partial charge in [-0.05, 0) is 42.9 Å². The summed E-state index contributed by atoms with van der Waals surface area (Å²) in [7, 11) is 0. The zero-order valence-electron chi connectivity index (χ0n) is 8.03. The van der Waals surface area contributed by atoms with Crippen LogP contribution in [0.5, 0.6) is 0 Å². The van der Waals surface area contributed by atoms with Crippen molar-refractivity contribution in [3.05, 3.63) is 29.8 Å². The smallest absolute Gasteiger partial charge is 0.0369 e. The van der Waals surface area contributed by atoms with Gasteiger partial charge in [0.15, 0.2) is 0 Å². The average molecular weight is 173 g/mol. The zero-order valence-corrected chi connectivity index (χ0v) is 8.03. The molecular weight excluding hydrogens is 158 g/mol. The number of fused-ring (bicyclic) bond motifs is 1. The summed E-state index contributed by atoms with van der Waals surface area (Å²) < 4.78 is 0. The molecule has 1 nitrogen and oxygen atoms in total. The highest BCUT2D eigenvalue weighted by atomic mass is 15.2. The van der Waals surface area contributed by atoms with Crippen LogP contribution in [0.2, 0.25) is 0 Å². The fraction of sp³-hybridized carbons (Fsp3) is 0.500. The molecule has 0 aromatic heterocycles. The molecule has 2 fully saturated rings. The van der Waals surface area contributed by atoms with E-state index in [1.165, 1.54) is 30.8 Å². The second-order valence-electron chi connectivity index (χ2n) is 4.50. The summed E-state index contributed by atoms with van der Waals surface area (Å²) in [5.74, 6) is 2.06. The van der Waals surface area contributed by atoms with Crippen molar-refractivity contribution in [3.63, 3.8) is 0 Å². The van der Waals surface area contributed by atoms with E-state index >= 15 is 0 Å². The number of hydrogen-bond acceptors (Lipinski definition) is 1. The molecule has 0 spiro atoms. The summed E-state index contributed by atoms with van der Waals surface area (Å²) in [4.78, 5) is 2.53. The summed E-state index contributed by atoms with van der Waals surface area (Å²) in [6.07, 6.45) is 1.49. The molecule has 13 heavy (non-hydrogen) atoms. The maximum Gasteiger partial charge on any atom is 0.0369 e. The van der Waals surface area contributed by atoms with E-state index in [4.69, 9.17) is 0 Å². The van der Waals surface area contributed by atoms with Crippen molar-refractivity contribution in [3.8, 4) is 0 Å². The van der Waals surface area contributed by atoms with Gasteiger partial charge in [-0.25, -0.2) is 0 Å². The van der Waals surface area contributed by atoms with E-state index in [9.17, 15) is 0 Å². The third-order valence-corrected chi connectivity index (χ3v) is 3.35. The van der Waals surface area contributed by atoms with Crippen LogP contribution in [0.15, 0.2) is 24.3 Å². The Hall–Kier alpha value is -0.980. The predicted molar refractivity (Wildman–Crippen MR) is 55.0 cm³/mol. The number of piperidine rings is 1. The average Bonchev–Trinajstić information content (AvgIpc) is 2.74. The van der Waals surface area contributed by atoms with E-state index in [1.807, 2.05) is 0 Å². The van der Waals surface area contributed by atoms with E-state index in [-0.39, 0.29) is 0 Å². The maximum absolute atomic E-state index is 2.53. The lowest BCUT2D eigenvalue weighted by molar-refractivity contribution is 0.819. The summed E-state index contributed by atoms with van der Waals surface area (Å²) >= 11 is 0. The number of nitrogens with zero attached hydrogens (tertiary/aromatic N) is 1. The molecule has 1 aromatic carbocycles. The molecule has 0 radical (unpaired) electrons. The van der Waals surface area contributed by atoms with E-state index < -0.39 is 0 Å². The molecule has 1 aliphatic carbocycles. The summed E-state index contributed by atoms with van der Waals surface area (Å²) in [5.41, 5.74) is 2.80. The lowest BCUT2D eigenvalue weighted by atomic mass is 10.2. The molecule has 2 atom stereocenters. The molecule has 1 aliphatic heterocycles. The highest BCUT2D eigenvalue weighted by Gasteiger charge is 2.44. The number of anilines is 1. The Bertz CT molecular complexity index is 322. The Morgan fingerprint density at radius 2 is 2.00 bits per heavy atom. The van der Waals surface area contributed by atoms with Crippen LogP contribution in [0, 0.1) is 18.8 Å². The van der Waals surface area contributed by atoms with E-state index in [2.05, 4.69) is 36.1 Å². The summed E-state index contributed by atoms with van der Waals surface area (Å²) in [6.45, 7) is 4.77. The molecule has 0 amide bonds. The molecule has 2 aliphatic rings. The van der Waals surface area contributed by atoms with Crippen LogP contribution >= 0.6 is 0 Å². The fourth-order valence-electron chi connectivity index (χ4n) is 2.43. The Balaban J connectivity index is 1.84. The van der Waals surface area contributed by atoms with Gasteiger partial charge in [0.1, 0.15) is 0 Å². The van der Waals surface area contributed by atoms with Crippen molar-refractivity contribution in [1.29, 1.82) is 0 Å². The highest BCUT2D eigenvalue weighted by molar-refractivity contribution is 5.50. The van der Waals surface area contributed by atoms with Crippen molar-refractivity contribution >= 4 is 5.69 Å². The van der Waals surface area contributed by atoms with Crippen LogP contribution in [-0.4, -0.2) is 13.1 Å². The first-order valence-electron chi connectivity index (χ1n) is 5.14. The topological polar surface area (TPSA) is 3.24 Å². The molecule has 1 heteroatoms. The van der Waals surface area contributed by atoms with Gasteiger partial charge < -0.3 is 4.90 Å². The van der Waals surface area contributed by atoms with Gasteiger partial charge in [-0.2, -0.15) is 0 Å². The van der Waals surface area contributed by atoms with E-state index in [0.29, 0.717) is 0 Å². The predicted octanol–water partition coefficient (Wildman–Crippen LogP) is 2.45. The van der Waals surface area contributed by atoms with Gasteiger partial charge in [-0.1, -0.05) is 12.1 Å². The number of benzene rings is 1. The second-order valence-corrected chi connectivity index (χ2v) is 4.50. The monoisotopic (exact) mass is 173 g/mol. The van der Waals surface area contributed by atoms with Crippen LogP contribution in [0.4, 0.5) is 5.69 Å². The van der Waals surface area contributed by atoms with Gasteiger partial charge in [0.2, 0.25) is 0 Å². The van der Waals surface area contributed by atoms with Crippen LogP contribution < -0.4 is 4.90 Å². The fourth-order valence-corrected chi connectivity index (χ4v) is 2.43. The van der Waals surface area contributed by atoms with Crippen molar-refractivity contribution < 1.29 is 0 Å². The first kappa shape index (κ1) is 7.43. The van der Waals surface area contributed by atoms with Crippen molar-refractivity contribution in [2.75, 3.05) is 18.0 Å². The minimum atomic E-state index is 1.03. The maximum atomic E-state index is 2.53. The van der Waals surface area contributed by atoms with Gasteiger partial charge >= 0.3 is 0 Å². The largest absolute Gasteiger partial charge is 0.371 e. The first-order valence-corrected chi connectivity index (χ1v) is 5.14. The molecule has 1 heterocycles. The molecule has 1 saturated carbocycles. The summed E-state index contributed by atoms with van der Waals surface area (Å²) in [5, 5.41) is 0. The zero-order chi connectivity index (χ0) is 8.84. The Kier molecular flexibility index (Phi) is 1.43. The van der Waals surface area contributed by atoms with Crippen molar-refractivity contribution in [1.82, 2.24) is 0 Å². The standard InChI is InChI=1S/C12H15N/c1-9-3-2-4-12(5-9)13-7-10-6-11(10)8-13/h2-5,10-11H,6-8H2,1H3/t10-,11+. The lowest BCUT2D eigenvalue weighted by Gasteiger charge is -2.20. The first-order chi connectivity index (χ1) is 6.33. The van der Waals surface area contributed by atoms with Crippen LogP contribution in [-0.2, 0) is 0 Å². The minimum Gasteiger partial charge on any atom is -0.371 e. The van der Waals surface area contributed by atoms with E-state index in [0.717, 1.165) is 11.8 Å². The molecule has 3 rings (SSSR count). The van der Waals surface area contributed by atoms with Gasteiger partial charge in [-0.3, -0.25) is 0 Å². The highest BCUT2D eigenvalue weighted by Crippen LogP contribution is 2.46. The van der Waals surface area contributed by atoms with Crippen LogP contribution in [0.25, 0.3) is 0 Å². The van der Waals surface area contributed by atoms with Gasteiger partial charge in [-0.15, -0.1) is 0 Å². The Morgan fingerprint density at radius 3 is 2.69 bits per heavy atom. The summed E-state index contributed by atoms with van der Waals surface area (Å²) in [6, 6.07) is 8.86.